The van der Waals surface area contributed by atoms with Gasteiger partial charge in [0.05, 0.1) is 5.92 Å². The third kappa shape index (κ3) is 6.59. The van der Waals surface area contributed by atoms with Gasteiger partial charge in [-0.15, -0.1) is 0 Å². The van der Waals surface area contributed by atoms with Crippen molar-refractivity contribution >= 4 is 23.8 Å². The van der Waals surface area contributed by atoms with Gasteiger partial charge < -0.3 is 15.3 Å². The van der Waals surface area contributed by atoms with E-state index >= 15 is 0 Å². The number of hydrogen-bond acceptors (Lipinski definition) is 3. The van der Waals surface area contributed by atoms with Gasteiger partial charge in [-0.25, -0.2) is 4.79 Å². The molecule has 122 valence electrons. The van der Waals surface area contributed by atoms with Gasteiger partial charge in [-0.1, -0.05) is 27.7 Å². The summed E-state index contributed by atoms with van der Waals surface area (Å²) in [5.74, 6) is -0.115. The van der Waals surface area contributed by atoms with E-state index in [1.807, 2.05) is 25.6 Å². The maximum absolute atomic E-state index is 12.2. The number of carboxylic acids is 1. The number of aliphatic carboxylic acids is 1. The average Bonchev–Trinajstić information content (AvgIpc) is 2.54. The molecule has 1 unspecified atom stereocenters. The SMILES string of the molecule is CC(C)CC(CNC(=O)N1CCSC(C)(C)CC1)C(=O)O. The number of amides is 2. The van der Waals surface area contributed by atoms with Crippen molar-refractivity contribution in [2.24, 2.45) is 11.8 Å². The molecule has 0 aromatic heterocycles. The quantitative estimate of drug-likeness (QED) is 0.818. The number of carbonyl (C=O) groups is 2. The molecule has 0 aromatic carbocycles. The van der Waals surface area contributed by atoms with Crippen LogP contribution in [0.1, 0.15) is 40.5 Å². The fourth-order valence-electron chi connectivity index (χ4n) is 2.39. The number of nitrogens with one attached hydrogen (secondary N) is 1. The van der Waals surface area contributed by atoms with Gasteiger partial charge in [0.1, 0.15) is 0 Å². The molecule has 1 aliphatic rings. The Bertz CT molecular complexity index is 372. The monoisotopic (exact) mass is 316 g/mol. The van der Waals surface area contributed by atoms with Crippen LogP contribution in [0.4, 0.5) is 4.79 Å². The highest BCUT2D eigenvalue weighted by atomic mass is 32.2. The number of carbonyl (C=O) groups excluding carboxylic acids is 1. The van der Waals surface area contributed by atoms with Crippen molar-refractivity contribution in [1.82, 2.24) is 10.2 Å². The van der Waals surface area contributed by atoms with Crippen molar-refractivity contribution in [2.75, 3.05) is 25.4 Å². The molecule has 1 saturated heterocycles. The van der Waals surface area contributed by atoms with Crippen molar-refractivity contribution < 1.29 is 14.7 Å². The first-order valence-electron chi connectivity index (χ1n) is 7.61. The molecule has 1 fully saturated rings. The third-order valence-electron chi connectivity index (χ3n) is 3.73. The molecule has 0 aromatic rings. The predicted octanol–water partition coefficient (Wildman–Crippen LogP) is 2.66. The summed E-state index contributed by atoms with van der Waals surface area (Å²) < 4.78 is 0.205. The van der Waals surface area contributed by atoms with E-state index in [4.69, 9.17) is 0 Å². The summed E-state index contributed by atoms with van der Waals surface area (Å²) in [4.78, 5) is 25.2. The zero-order valence-electron chi connectivity index (χ0n) is 13.5. The summed E-state index contributed by atoms with van der Waals surface area (Å²) in [7, 11) is 0. The largest absolute Gasteiger partial charge is 0.481 e. The van der Waals surface area contributed by atoms with Gasteiger partial charge in [-0.2, -0.15) is 11.8 Å². The Morgan fingerprint density at radius 1 is 1.33 bits per heavy atom. The van der Waals surface area contributed by atoms with E-state index in [1.165, 1.54) is 0 Å². The molecule has 0 spiro atoms. The first kappa shape index (κ1) is 18.1. The zero-order chi connectivity index (χ0) is 16.0. The Hall–Kier alpha value is -0.910. The van der Waals surface area contributed by atoms with Crippen molar-refractivity contribution in [2.45, 2.75) is 45.3 Å². The molecular formula is C15H28N2O3S. The minimum absolute atomic E-state index is 0.136. The highest BCUT2D eigenvalue weighted by Crippen LogP contribution is 2.30. The van der Waals surface area contributed by atoms with Gasteiger partial charge >= 0.3 is 12.0 Å². The molecule has 1 atom stereocenters. The molecule has 6 heteroatoms. The van der Waals surface area contributed by atoms with Crippen LogP contribution in [0.2, 0.25) is 0 Å². The Morgan fingerprint density at radius 3 is 2.57 bits per heavy atom. The van der Waals surface area contributed by atoms with Crippen molar-refractivity contribution in [3.05, 3.63) is 0 Å². The minimum Gasteiger partial charge on any atom is -0.481 e. The smallest absolute Gasteiger partial charge is 0.317 e. The predicted molar refractivity (Wildman–Crippen MR) is 86.7 cm³/mol. The fourth-order valence-corrected chi connectivity index (χ4v) is 3.49. The Balaban J connectivity index is 2.46. The van der Waals surface area contributed by atoms with Crippen molar-refractivity contribution in [3.8, 4) is 0 Å². The summed E-state index contributed by atoms with van der Waals surface area (Å²) in [6, 6.07) is -0.136. The fraction of sp³-hybridized carbons (Fsp3) is 0.867. The van der Waals surface area contributed by atoms with Gasteiger partial charge in [0.25, 0.3) is 0 Å². The van der Waals surface area contributed by atoms with E-state index in [-0.39, 0.29) is 17.3 Å². The van der Waals surface area contributed by atoms with Crippen LogP contribution in [-0.2, 0) is 4.79 Å². The molecular weight excluding hydrogens is 288 g/mol. The lowest BCUT2D eigenvalue weighted by Crippen LogP contribution is -2.44. The summed E-state index contributed by atoms with van der Waals surface area (Å²) in [6.07, 6.45) is 1.54. The van der Waals surface area contributed by atoms with Crippen LogP contribution in [0.15, 0.2) is 0 Å². The van der Waals surface area contributed by atoms with E-state index < -0.39 is 11.9 Å². The number of urea groups is 1. The van der Waals surface area contributed by atoms with Crippen LogP contribution in [0.25, 0.3) is 0 Å². The third-order valence-corrected chi connectivity index (χ3v) is 5.10. The van der Waals surface area contributed by atoms with E-state index in [1.54, 1.807) is 4.90 Å². The second-order valence-electron chi connectivity index (χ2n) is 6.70. The second kappa shape index (κ2) is 7.92. The van der Waals surface area contributed by atoms with Crippen LogP contribution in [0.5, 0.6) is 0 Å². The minimum atomic E-state index is -0.837. The molecule has 5 nitrogen and oxygen atoms in total. The van der Waals surface area contributed by atoms with Crippen molar-refractivity contribution in [1.29, 1.82) is 0 Å². The molecule has 1 heterocycles. The summed E-state index contributed by atoms with van der Waals surface area (Å²) in [5, 5.41) is 12.0. The highest BCUT2D eigenvalue weighted by Gasteiger charge is 2.27. The standard InChI is InChI=1S/C15H28N2O3S/c1-11(2)9-12(13(18)19)10-16-14(20)17-6-5-15(3,4)21-8-7-17/h11-12H,5-10H2,1-4H3,(H,16,20)(H,18,19). The van der Waals surface area contributed by atoms with Gasteiger partial charge in [0.2, 0.25) is 0 Å². The van der Waals surface area contributed by atoms with Gasteiger partial charge in [-0.3, -0.25) is 4.79 Å². The lowest BCUT2D eigenvalue weighted by Gasteiger charge is -2.24. The topological polar surface area (TPSA) is 69.6 Å². The zero-order valence-corrected chi connectivity index (χ0v) is 14.3. The summed E-state index contributed by atoms with van der Waals surface area (Å²) in [5.41, 5.74) is 0. The second-order valence-corrected chi connectivity index (χ2v) is 8.50. The lowest BCUT2D eigenvalue weighted by molar-refractivity contribution is -0.142. The molecule has 2 amide bonds. The summed E-state index contributed by atoms with van der Waals surface area (Å²) >= 11 is 1.88. The molecule has 0 radical (unpaired) electrons. The number of carboxylic acid groups (broad SMARTS) is 1. The Kier molecular flexibility index (Phi) is 6.84. The van der Waals surface area contributed by atoms with E-state index in [0.717, 1.165) is 25.3 Å². The maximum atomic E-state index is 12.2. The first-order valence-corrected chi connectivity index (χ1v) is 8.59. The molecule has 21 heavy (non-hydrogen) atoms. The lowest BCUT2D eigenvalue weighted by atomic mass is 9.97. The van der Waals surface area contributed by atoms with Crippen LogP contribution in [0, 0.1) is 11.8 Å². The van der Waals surface area contributed by atoms with Crippen molar-refractivity contribution in [3.63, 3.8) is 0 Å². The Morgan fingerprint density at radius 2 is 2.00 bits per heavy atom. The average molecular weight is 316 g/mol. The molecule has 1 rings (SSSR count). The molecule has 0 bridgehead atoms. The van der Waals surface area contributed by atoms with Gasteiger partial charge in [0.15, 0.2) is 0 Å². The summed E-state index contributed by atoms with van der Waals surface area (Å²) in [6.45, 7) is 10.0. The van der Waals surface area contributed by atoms with Gasteiger partial charge in [0, 0.05) is 30.1 Å². The highest BCUT2D eigenvalue weighted by molar-refractivity contribution is 8.00. The number of rotatable bonds is 5. The van der Waals surface area contributed by atoms with Crippen LogP contribution in [0.3, 0.4) is 0 Å². The van der Waals surface area contributed by atoms with Crippen LogP contribution >= 0.6 is 11.8 Å². The number of nitrogens with zero attached hydrogens (tertiary/aromatic N) is 1. The van der Waals surface area contributed by atoms with E-state index in [0.29, 0.717) is 12.3 Å². The first-order chi connectivity index (χ1) is 9.71. The molecule has 0 saturated carbocycles. The van der Waals surface area contributed by atoms with E-state index in [2.05, 4.69) is 19.2 Å². The van der Waals surface area contributed by atoms with E-state index in [9.17, 15) is 14.7 Å². The number of thioether (sulfide) groups is 1. The maximum Gasteiger partial charge on any atom is 0.317 e. The number of hydrogen-bond donors (Lipinski definition) is 2. The molecule has 2 N–H and O–H groups in total. The molecule has 1 aliphatic heterocycles. The van der Waals surface area contributed by atoms with Crippen LogP contribution in [-0.4, -0.2) is 52.1 Å². The van der Waals surface area contributed by atoms with Gasteiger partial charge in [-0.05, 0) is 18.8 Å². The van der Waals surface area contributed by atoms with Crippen LogP contribution < -0.4 is 5.32 Å². The Labute approximate surface area is 131 Å². The normalized spacial score (nSPS) is 20.0. The molecule has 0 aliphatic carbocycles.